The molecule has 0 saturated heterocycles. The zero-order chi connectivity index (χ0) is 10.1. The number of fused-ring (bicyclic) bond motifs is 1. The first-order valence-corrected chi connectivity index (χ1v) is 5.46. The predicted molar refractivity (Wildman–Crippen MR) is 59.4 cm³/mol. The molecular weight excluding hydrogens is 266 g/mol. The number of hydrogen-bond acceptors (Lipinski definition) is 4. The van der Waals surface area contributed by atoms with E-state index in [2.05, 4.69) is 33.5 Å². The number of Topliss-reactive ketones (excluding diaryl/α,β-unsaturated/α-hetero) is 1. The number of rotatable bonds is 2. The summed E-state index contributed by atoms with van der Waals surface area (Å²) in [5.41, 5.74) is 1.26. The molecule has 2 rings (SSSR count). The van der Waals surface area contributed by atoms with Gasteiger partial charge in [0, 0.05) is 4.90 Å². The minimum atomic E-state index is -0.165. The lowest BCUT2D eigenvalue weighted by molar-refractivity contribution is 0.0989. The lowest BCUT2D eigenvalue weighted by Gasteiger charge is -1.86. The third-order valence-corrected chi connectivity index (χ3v) is 2.52. The summed E-state index contributed by atoms with van der Waals surface area (Å²) in [6.07, 6.45) is 0. The monoisotopic (exact) mass is 271 g/mol. The highest BCUT2D eigenvalue weighted by molar-refractivity contribution is 9.09. The van der Waals surface area contributed by atoms with Gasteiger partial charge < -0.3 is 4.42 Å². The second kappa shape index (κ2) is 3.74. The molecule has 72 valence electrons. The van der Waals surface area contributed by atoms with Crippen LogP contribution in [0.2, 0.25) is 0 Å². The van der Waals surface area contributed by atoms with E-state index in [9.17, 15) is 4.79 Å². The number of alkyl halides is 1. The minimum absolute atomic E-state index is 0.135. The molecule has 0 bridgehead atoms. The van der Waals surface area contributed by atoms with Crippen molar-refractivity contribution in [2.75, 3.05) is 5.33 Å². The Morgan fingerprint density at radius 1 is 1.57 bits per heavy atom. The summed E-state index contributed by atoms with van der Waals surface area (Å²) in [5.74, 6) is -0.0299. The van der Waals surface area contributed by atoms with E-state index in [0.717, 1.165) is 4.90 Å². The lowest BCUT2D eigenvalue weighted by atomic mass is 10.3. The van der Waals surface area contributed by atoms with Crippen LogP contribution in [-0.4, -0.2) is 16.1 Å². The number of carbonyl (C=O) groups is 1. The van der Waals surface area contributed by atoms with Crippen LogP contribution in [0, 0.1) is 0 Å². The number of hydrogen-bond donors (Lipinski definition) is 1. The van der Waals surface area contributed by atoms with Gasteiger partial charge in [-0.25, -0.2) is 4.98 Å². The smallest absolute Gasteiger partial charge is 0.265 e. The van der Waals surface area contributed by atoms with E-state index < -0.39 is 0 Å². The second-order valence-electron chi connectivity index (χ2n) is 2.73. The maximum atomic E-state index is 11.2. The molecule has 0 radical (unpaired) electrons. The first-order valence-electron chi connectivity index (χ1n) is 3.89. The summed E-state index contributed by atoms with van der Waals surface area (Å²) in [4.78, 5) is 16.1. The zero-order valence-corrected chi connectivity index (χ0v) is 9.51. The van der Waals surface area contributed by atoms with Gasteiger partial charge in [-0.1, -0.05) is 15.9 Å². The molecule has 0 spiro atoms. The first kappa shape index (κ1) is 9.73. The molecule has 0 N–H and O–H groups in total. The molecule has 1 aromatic carbocycles. The van der Waals surface area contributed by atoms with E-state index in [1.165, 1.54) is 0 Å². The molecule has 2 aromatic rings. The minimum Gasteiger partial charge on any atom is -0.434 e. The lowest BCUT2D eigenvalue weighted by Crippen LogP contribution is -1.99. The van der Waals surface area contributed by atoms with Gasteiger partial charge in [0.15, 0.2) is 5.58 Å². The first-order chi connectivity index (χ1) is 6.70. The van der Waals surface area contributed by atoms with Crippen LogP contribution in [0.5, 0.6) is 0 Å². The Balaban J connectivity index is 2.56. The number of ketones is 1. The highest BCUT2D eigenvalue weighted by Crippen LogP contribution is 2.19. The highest BCUT2D eigenvalue weighted by atomic mass is 79.9. The molecule has 1 heterocycles. The van der Waals surface area contributed by atoms with E-state index in [1.54, 1.807) is 18.2 Å². The third kappa shape index (κ3) is 1.69. The molecule has 0 aliphatic rings. The van der Waals surface area contributed by atoms with Crippen molar-refractivity contribution < 1.29 is 9.21 Å². The predicted octanol–water partition coefficient (Wildman–Crippen LogP) is 2.69. The van der Waals surface area contributed by atoms with Crippen LogP contribution in [0.3, 0.4) is 0 Å². The normalized spacial score (nSPS) is 10.7. The Hall–Kier alpha value is -0.810. The van der Waals surface area contributed by atoms with Gasteiger partial charge in [-0.2, -0.15) is 0 Å². The van der Waals surface area contributed by atoms with E-state index >= 15 is 0 Å². The fourth-order valence-corrected chi connectivity index (χ4v) is 1.53. The van der Waals surface area contributed by atoms with Gasteiger partial charge in [0.1, 0.15) is 5.52 Å². The molecule has 14 heavy (non-hydrogen) atoms. The summed E-state index contributed by atoms with van der Waals surface area (Å²) in [6.45, 7) is 0. The quantitative estimate of drug-likeness (QED) is 0.519. The van der Waals surface area contributed by atoms with Gasteiger partial charge in [-0.15, -0.1) is 12.6 Å². The molecule has 0 aliphatic carbocycles. The van der Waals surface area contributed by atoms with Crippen molar-refractivity contribution in [3.63, 3.8) is 0 Å². The summed E-state index contributed by atoms with van der Waals surface area (Å²) >= 11 is 7.23. The van der Waals surface area contributed by atoms with Crippen molar-refractivity contribution in [2.24, 2.45) is 0 Å². The molecule has 3 nitrogen and oxygen atoms in total. The average Bonchev–Trinajstić information content (AvgIpc) is 2.59. The van der Waals surface area contributed by atoms with Crippen molar-refractivity contribution >= 4 is 45.4 Å². The van der Waals surface area contributed by atoms with Crippen molar-refractivity contribution in [3.8, 4) is 0 Å². The SMILES string of the molecule is O=C(CBr)c1nc2cc(S)ccc2o1. The van der Waals surface area contributed by atoms with Crippen LogP contribution in [0.15, 0.2) is 27.5 Å². The number of thiol groups is 1. The highest BCUT2D eigenvalue weighted by Gasteiger charge is 2.12. The number of oxazole rings is 1. The van der Waals surface area contributed by atoms with E-state index in [-0.39, 0.29) is 17.0 Å². The average molecular weight is 272 g/mol. The van der Waals surface area contributed by atoms with Crippen molar-refractivity contribution in [1.29, 1.82) is 0 Å². The molecule has 0 atom stereocenters. The van der Waals surface area contributed by atoms with Gasteiger partial charge in [0.05, 0.1) is 5.33 Å². The number of aromatic nitrogens is 1. The van der Waals surface area contributed by atoms with Gasteiger partial charge in [-0.05, 0) is 18.2 Å². The maximum Gasteiger partial charge on any atom is 0.265 e. The van der Waals surface area contributed by atoms with Crippen LogP contribution >= 0.6 is 28.6 Å². The molecular formula is C9H6BrNO2S. The number of benzene rings is 1. The number of nitrogens with zero attached hydrogens (tertiary/aromatic N) is 1. The largest absolute Gasteiger partial charge is 0.434 e. The van der Waals surface area contributed by atoms with Crippen molar-refractivity contribution in [1.82, 2.24) is 4.98 Å². The fourth-order valence-electron chi connectivity index (χ4n) is 1.09. The van der Waals surface area contributed by atoms with E-state index in [4.69, 9.17) is 4.42 Å². The summed E-state index contributed by atoms with van der Waals surface area (Å²) < 4.78 is 5.25. The molecule has 5 heteroatoms. The van der Waals surface area contributed by atoms with Crippen molar-refractivity contribution in [3.05, 3.63) is 24.1 Å². The van der Waals surface area contributed by atoms with Crippen LogP contribution < -0.4 is 0 Å². The van der Waals surface area contributed by atoms with Gasteiger partial charge in [-0.3, -0.25) is 4.79 Å². The summed E-state index contributed by atoms with van der Waals surface area (Å²) in [5, 5.41) is 0.216. The maximum absolute atomic E-state index is 11.2. The third-order valence-electron chi connectivity index (χ3n) is 1.73. The Kier molecular flexibility index (Phi) is 2.60. The molecule has 0 saturated carbocycles. The topological polar surface area (TPSA) is 43.1 Å². The molecule has 1 aromatic heterocycles. The number of carbonyl (C=O) groups excluding carboxylic acids is 1. The zero-order valence-electron chi connectivity index (χ0n) is 7.03. The molecule has 0 amide bonds. The van der Waals surface area contributed by atoms with Gasteiger partial charge >= 0.3 is 0 Å². The standard InChI is InChI=1S/C9H6BrNO2S/c10-4-7(12)9-11-6-3-5(14)1-2-8(6)13-9/h1-3,14H,4H2. The fraction of sp³-hybridized carbons (Fsp3) is 0.111. The van der Waals surface area contributed by atoms with Crippen LogP contribution in [0.25, 0.3) is 11.1 Å². The molecule has 0 fully saturated rings. The Bertz CT molecular complexity index is 495. The van der Waals surface area contributed by atoms with Crippen LogP contribution in [0.4, 0.5) is 0 Å². The van der Waals surface area contributed by atoms with E-state index in [0.29, 0.717) is 11.1 Å². The summed E-state index contributed by atoms with van der Waals surface area (Å²) in [6, 6.07) is 5.29. The second-order valence-corrected chi connectivity index (χ2v) is 3.80. The molecule has 0 aliphatic heterocycles. The van der Waals surface area contributed by atoms with Crippen LogP contribution in [0.1, 0.15) is 10.7 Å². The van der Waals surface area contributed by atoms with Gasteiger partial charge in [0.25, 0.3) is 5.89 Å². The van der Waals surface area contributed by atoms with Crippen LogP contribution in [-0.2, 0) is 0 Å². The Morgan fingerprint density at radius 2 is 2.36 bits per heavy atom. The Morgan fingerprint density at radius 3 is 3.07 bits per heavy atom. The van der Waals surface area contributed by atoms with Gasteiger partial charge in [0.2, 0.25) is 5.78 Å². The number of halogens is 1. The van der Waals surface area contributed by atoms with E-state index in [1.807, 2.05) is 0 Å². The molecule has 0 unspecified atom stereocenters. The van der Waals surface area contributed by atoms with Crippen molar-refractivity contribution in [2.45, 2.75) is 4.90 Å². The Labute approximate surface area is 94.0 Å². The summed E-state index contributed by atoms with van der Waals surface area (Å²) in [7, 11) is 0.